The number of nitrogens with zero attached hydrogens (tertiary/aromatic N) is 3. The summed E-state index contributed by atoms with van der Waals surface area (Å²) in [5.74, 6) is 1.85. The van der Waals surface area contributed by atoms with Crippen LogP contribution in [-0.2, 0) is 6.42 Å². The molecule has 8 nitrogen and oxygen atoms in total. The molecule has 2 aliphatic rings. The van der Waals surface area contributed by atoms with E-state index < -0.39 is 4.92 Å². The summed E-state index contributed by atoms with van der Waals surface area (Å²) in [6.45, 7) is 1.81. The van der Waals surface area contributed by atoms with E-state index in [-0.39, 0.29) is 17.3 Å². The molecule has 7 rings (SSSR count). The second-order valence-corrected chi connectivity index (χ2v) is 11.4. The zero-order chi connectivity index (χ0) is 29.0. The monoisotopic (exact) mass is 575 g/mol. The van der Waals surface area contributed by atoms with E-state index in [1.54, 1.807) is 29.9 Å². The number of methoxy groups -OCH3 is 1. The van der Waals surface area contributed by atoms with Crippen LogP contribution in [0.15, 0.2) is 98.6 Å². The highest BCUT2D eigenvalue weighted by Gasteiger charge is 2.32. The van der Waals surface area contributed by atoms with Gasteiger partial charge in [-0.25, -0.2) is 4.99 Å². The van der Waals surface area contributed by atoms with Gasteiger partial charge in [-0.3, -0.25) is 19.5 Å². The number of aromatic nitrogens is 1. The molecule has 0 amide bonds. The van der Waals surface area contributed by atoms with Gasteiger partial charge in [0.25, 0.3) is 11.2 Å². The van der Waals surface area contributed by atoms with Crippen molar-refractivity contribution in [3.8, 4) is 17.1 Å². The largest absolute Gasteiger partial charge is 0.497 e. The van der Waals surface area contributed by atoms with Crippen LogP contribution in [0.2, 0.25) is 0 Å². The Balaban J connectivity index is 1.36. The molecule has 1 aliphatic heterocycles. The molecule has 3 heterocycles. The normalized spacial score (nSPS) is 16.0. The highest BCUT2D eigenvalue weighted by atomic mass is 32.1. The molecule has 0 radical (unpaired) electrons. The number of nitro benzene ring substituents is 1. The molecule has 1 atom stereocenters. The van der Waals surface area contributed by atoms with Gasteiger partial charge in [0.05, 0.1) is 28.3 Å². The van der Waals surface area contributed by atoms with Crippen molar-refractivity contribution in [3.05, 3.63) is 142 Å². The molecule has 0 spiro atoms. The summed E-state index contributed by atoms with van der Waals surface area (Å²) >= 11 is 1.34. The molecule has 0 saturated carbocycles. The molecule has 3 aromatic carbocycles. The Labute approximate surface area is 244 Å². The maximum atomic E-state index is 14.0. The van der Waals surface area contributed by atoms with Gasteiger partial charge in [0.1, 0.15) is 17.3 Å². The zero-order valence-electron chi connectivity index (χ0n) is 22.9. The van der Waals surface area contributed by atoms with Gasteiger partial charge in [0.15, 0.2) is 4.80 Å². The van der Waals surface area contributed by atoms with Crippen molar-refractivity contribution in [1.29, 1.82) is 0 Å². The van der Waals surface area contributed by atoms with E-state index in [4.69, 9.17) is 14.1 Å². The number of hydrogen-bond donors (Lipinski definition) is 0. The van der Waals surface area contributed by atoms with Gasteiger partial charge in [-0.15, -0.1) is 0 Å². The number of non-ortho nitro benzene ring substituents is 1. The van der Waals surface area contributed by atoms with Gasteiger partial charge < -0.3 is 9.15 Å². The fourth-order valence-corrected chi connectivity index (χ4v) is 6.83. The lowest BCUT2D eigenvalue weighted by Crippen LogP contribution is -2.38. The Morgan fingerprint density at radius 1 is 1.05 bits per heavy atom. The van der Waals surface area contributed by atoms with E-state index in [0.717, 1.165) is 52.1 Å². The third-order valence-electron chi connectivity index (χ3n) is 7.89. The lowest BCUT2D eigenvalue weighted by molar-refractivity contribution is -0.384. The van der Waals surface area contributed by atoms with Crippen molar-refractivity contribution in [1.82, 2.24) is 4.57 Å². The highest BCUT2D eigenvalue weighted by Crippen LogP contribution is 2.41. The Bertz CT molecular complexity index is 2100. The number of rotatable bonds is 5. The number of nitro groups is 1. The fourth-order valence-electron chi connectivity index (χ4n) is 5.85. The Morgan fingerprint density at radius 3 is 2.62 bits per heavy atom. The van der Waals surface area contributed by atoms with Crippen LogP contribution in [0.4, 0.5) is 5.69 Å². The molecule has 0 fully saturated rings. The zero-order valence-corrected chi connectivity index (χ0v) is 23.7. The van der Waals surface area contributed by atoms with Crippen molar-refractivity contribution in [3.63, 3.8) is 0 Å². The summed E-state index contributed by atoms with van der Waals surface area (Å²) in [6.07, 6.45) is 3.45. The minimum absolute atomic E-state index is 0.0286. The summed E-state index contributed by atoms with van der Waals surface area (Å²) in [4.78, 5) is 30.4. The van der Waals surface area contributed by atoms with Crippen LogP contribution >= 0.6 is 11.3 Å². The maximum Gasteiger partial charge on any atom is 0.271 e. The molecular weight excluding hydrogens is 550 g/mol. The van der Waals surface area contributed by atoms with Crippen LogP contribution in [0.3, 0.4) is 0 Å². The summed E-state index contributed by atoms with van der Waals surface area (Å²) in [6, 6.07) is 24.2. The SMILES string of the molecule is COc1ccc([C@@H]2C3=C(N=c4s/c(=C\c5ccc(-c6ccc([N+](=O)[O-])cc6C)o5)c(=O)n42)c2ccccc2CC3)cc1. The second-order valence-electron chi connectivity index (χ2n) is 10.3. The van der Waals surface area contributed by atoms with Crippen molar-refractivity contribution in [2.45, 2.75) is 25.8 Å². The summed E-state index contributed by atoms with van der Waals surface area (Å²) in [7, 11) is 1.64. The van der Waals surface area contributed by atoms with Gasteiger partial charge in [-0.05, 0) is 72.4 Å². The molecule has 0 saturated heterocycles. The van der Waals surface area contributed by atoms with E-state index in [2.05, 4.69) is 18.2 Å². The summed E-state index contributed by atoms with van der Waals surface area (Å²) < 4.78 is 13.8. The predicted octanol–water partition coefficient (Wildman–Crippen LogP) is 5.80. The maximum absolute atomic E-state index is 14.0. The summed E-state index contributed by atoms with van der Waals surface area (Å²) in [5.41, 5.74) is 6.84. The predicted molar refractivity (Wildman–Crippen MR) is 161 cm³/mol. The first kappa shape index (κ1) is 25.9. The van der Waals surface area contributed by atoms with Crippen molar-refractivity contribution >= 4 is 28.8 Å². The first-order valence-corrected chi connectivity index (χ1v) is 14.4. The van der Waals surface area contributed by atoms with E-state index in [1.165, 1.54) is 29.0 Å². The van der Waals surface area contributed by atoms with Crippen molar-refractivity contribution < 1.29 is 14.1 Å². The number of thiazole rings is 1. The van der Waals surface area contributed by atoms with Crippen LogP contribution in [-0.4, -0.2) is 16.6 Å². The van der Waals surface area contributed by atoms with Crippen molar-refractivity contribution in [2.24, 2.45) is 4.99 Å². The third-order valence-corrected chi connectivity index (χ3v) is 8.87. The van der Waals surface area contributed by atoms with Gasteiger partial charge in [-0.1, -0.05) is 47.7 Å². The average molecular weight is 576 g/mol. The number of furan rings is 1. The number of fused-ring (bicyclic) bond motifs is 3. The van der Waals surface area contributed by atoms with E-state index in [1.807, 2.05) is 43.3 Å². The molecular formula is C33H25N3O5S. The molecule has 0 N–H and O–H groups in total. The molecule has 42 heavy (non-hydrogen) atoms. The lowest BCUT2D eigenvalue weighted by atomic mass is 9.83. The molecule has 9 heteroatoms. The number of hydrogen-bond acceptors (Lipinski definition) is 7. The van der Waals surface area contributed by atoms with E-state index in [9.17, 15) is 14.9 Å². The first-order valence-electron chi connectivity index (χ1n) is 13.5. The molecule has 5 aromatic rings. The Kier molecular flexibility index (Phi) is 6.24. The minimum Gasteiger partial charge on any atom is -0.497 e. The van der Waals surface area contributed by atoms with E-state index in [0.29, 0.717) is 20.9 Å². The number of benzene rings is 3. The standard InChI is InChI=1S/C33H25N3O5S/c1-19-17-22(36(38)39)10-15-25(19)28-16-13-24(41-28)18-29-32(37)35-31(21-7-11-23(40-2)12-8-21)27-14-9-20-5-3-4-6-26(20)30(27)34-33(35)42-29/h3-8,10-13,15-18,31H,9,14H2,1-2H3/b29-18-/t31-/m1/s1. The van der Waals surface area contributed by atoms with Crippen LogP contribution in [0.25, 0.3) is 23.1 Å². The first-order chi connectivity index (χ1) is 20.4. The summed E-state index contributed by atoms with van der Waals surface area (Å²) in [5, 5.41) is 11.1. The number of allylic oxidation sites excluding steroid dienone is 1. The van der Waals surface area contributed by atoms with E-state index >= 15 is 0 Å². The fraction of sp³-hybridized carbons (Fsp3) is 0.152. The van der Waals surface area contributed by atoms with Gasteiger partial charge in [0.2, 0.25) is 0 Å². The number of ether oxygens (including phenoxy) is 1. The molecule has 208 valence electrons. The molecule has 0 unspecified atom stereocenters. The number of aryl methyl sites for hydroxylation is 2. The minimum atomic E-state index is -0.417. The van der Waals surface area contributed by atoms with Crippen LogP contribution in [0.1, 0.15) is 40.5 Å². The Hall–Kier alpha value is -5.02. The van der Waals surface area contributed by atoms with Gasteiger partial charge in [0, 0.05) is 29.3 Å². The molecule has 0 bridgehead atoms. The van der Waals surface area contributed by atoms with Crippen LogP contribution < -0.4 is 19.6 Å². The third kappa shape index (κ3) is 4.29. The van der Waals surface area contributed by atoms with Gasteiger partial charge >= 0.3 is 0 Å². The lowest BCUT2D eigenvalue weighted by Gasteiger charge is -2.30. The average Bonchev–Trinajstić information content (AvgIpc) is 3.60. The Morgan fingerprint density at radius 2 is 1.86 bits per heavy atom. The second kappa shape index (κ2) is 10.1. The molecule has 2 aromatic heterocycles. The van der Waals surface area contributed by atoms with Crippen molar-refractivity contribution in [2.75, 3.05) is 7.11 Å². The van der Waals surface area contributed by atoms with Crippen LogP contribution in [0.5, 0.6) is 5.75 Å². The van der Waals surface area contributed by atoms with Crippen LogP contribution in [0, 0.1) is 17.0 Å². The highest BCUT2D eigenvalue weighted by molar-refractivity contribution is 7.07. The quantitative estimate of drug-likeness (QED) is 0.195. The smallest absolute Gasteiger partial charge is 0.271 e. The molecule has 1 aliphatic carbocycles. The topological polar surface area (TPSA) is 99.9 Å². The van der Waals surface area contributed by atoms with Gasteiger partial charge in [-0.2, -0.15) is 0 Å².